The van der Waals surface area contributed by atoms with E-state index in [0.717, 1.165) is 37.4 Å². The van der Waals surface area contributed by atoms with E-state index in [1.165, 1.54) is 0 Å². The first-order chi connectivity index (χ1) is 12.3. The molecule has 0 saturated heterocycles. The van der Waals surface area contributed by atoms with Gasteiger partial charge in [-0.25, -0.2) is 9.78 Å². The molecule has 27 heavy (non-hydrogen) atoms. The normalized spacial score (nSPS) is 17.1. The predicted molar refractivity (Wildman–Crippen MR) is 110 cm³/mol. The Balaban J connectivity index is 2.03. The van der Waals surface area contributed by atoms with E-state index in [-0.39, 0.29) is 23.2 Å². The molecule has 0 bridgehead atoms. The number of carbonyl (C=O) groups is 1. The highest BCUT2D eigenvalue weighted by Crippen LogP contribution is 2.37. The van der Waals surface area contributed by atoms with E-state index >= 15 is 0 Å². The molecule has 0 saturated carbocycles. The van der Waals surface area contributed by atoms with Crippen LogP contribution in [-0.2, 0) is 29.2 Å². The molecule has 1 aliphatic heterocycles. The maximum atomic E-state index is 12.3. The Kier molecular flexibility index (Phi) is 6.59. The number of fused-ring (bicyclic) bond motifs is 1. The van der Waals surface area contributed by atoms with Gasteiger partial charge >= 0.3 is 5.97 Å². The summed E-state index contributed by atoms with van der Waals surface area (Å²) in [6.07, 6.45) is 0.929. The van der Waals surface area contributed by atoms with Crippen molar-refractivity contribution in [2.75, 3.05) is 13.1 Å². The number of hydrogen-bond acceptors (Lipinski definition) is 5. The van der Waals surface area contributed by atoms with Gasteiger partial charge in [0.05, 0.1) is 17.9 Å². The fourth-order valence-electron chi connectivity index (χ4n) is 3.27. The van der Waals surface area contributed by atoms with Crippen molar-refractivity contribution in [2.24, 2.45) is 7.05 Å². The van der Waals surface area contributed by atoms with Gasteiger partial charge in [-0.3, -0.25) is 4.90 Å². The second-order valence-corrected chi connectivity index (χ2v) is 14.3. The summed E-state index contributed by atoms with van der Waals surface area (Å²) in [5, 5.41) is 0.211. The molecule has 0 aromatic carbocycles. The van der Waals surface area contributed by atoms with E-state index in [0.29, 0.717) is 5.82 Å². The van der Waals surface area contributed by atoms with Crippen LogP contribution < -0.4 is 0 Å². The minimum Gasteiger partial charge on any atom is -0.457 e. The van der Waals surface area contributed by atoms with E-state index < -0.39 is 8.32 Å². The predicted octanol–water partition coefficient (Wildman–Crippen LogP) is 3.75. The van der Waals surface area contributed by atoms with Crippen LogP contribution in [0.1, 0.15) is 63.5 Å². The number of hydrogen-bond donors (Lipinski definition) is 0. The summed E-state index contributed by atoms with van der Waals surface area (Å²) < 4.78 is 13.7. The Morgan fingerprint density at radius 3 is 2.44 bits per heavy atom. The number of imidazole rings is 1. The van der Waals surface area contributed by atoms with Gasteiger partial charge in [0.15, 0.2) is 8.32 Å². The van der Waals surface area contributed by atoms with Crippen molar-refractivity contribution in [3.05, 3.63) is 17.2 Å². The molecular weight excluding hydrogens is 358 g/mol. The van der Waals surface area contributed by atoms with Gasteiger partial charge in [0.2, 0.25) is 5.82 Å². The van der Waals surface area contributed by atoms with E-state index in [4.69, 9.17) is 9.16 Å². The molecule has 2 heterocycles. The Morgan fingerprint density at radius 2 is 1.89 bits per heavy atom. The average Bonchev–Trinajstić information content (AvgIpc) is 2.81. The number of esters is 1. The van der Waals surface area contributed by atoms with E-state index in [1.807, 2.05) is 25.5 Å². The first-order valence-electron chi connectivity index (χ1n) is 9.97. The van der Waals surface area contributed by atoms with Crippen LogP contribution in [0.3, 0.4) is 0 Å². The van der Waals surface area contributed by atoms with Gasteiger partial charge in [0, 0.05) is 38.8 Å². The third kappa shape index (κ3) is 5.21. The molecular formula is C20H37N3O3Si. The quantitative estimate of drug-likeness (QED) is 0.542. The Hall–Kier alpha value is -1.18. The first kappa shape index (κ1) is 22.1. The zero-order valence-corrected chi connectivity index (χ0v) is 19.5. The van der Waals surface area contributed by atoms with Crippen LogP contribution in [-0.4, -0.2) is 54.0 Å². The zero-order chi connectivity index (χ0) is 20.6. The molecule has 0 fully saturated rings. The Bertz CT molecular complexity index is 677. The van der Waals surface area contributed by atoms with Gasteiger partial charge in [-0.1, -0.05) is 20.8 Å². The molecule has 1 atom stereocenters. The lowest BCUT2D eigenvalue weighted by Gasteiger charge is -2.40. The third-order valence-corrected chi connectivity index (χ3v) is 10.3. The van der Waals surface area contributed by atoms with Crippen molar-refractivity contribution >= 4 is 14.3 Å². The van der Waals surface area contributed by atoms with Gasteiger partial charge in [0.1, 0.15) is 0 Å². The average molecular weight is 396 g/mol. The maximum absolute atomic E-state index is 12.3. The minimum atomic E-state index is -1.77. The third-order valence-electron chi connectivity index (χ3n) is 5.68. The molecule has 6 nitrogen and oxygen atoms in total. The number of aromatic nitrogens is 2. The van der Waals surface area contributed by atoms with Gasteiger partial charge in [0.25, 0.3) is 0 Å². The monoisotopic (exact) mass is 395 g/mol. The molecule has 1 aromatic rings. The molecule has 2 rings (SSSR count). The fourth-order valence-corrected chi connectivity index (χ4v) is 4.70. The summed E-state index contributed by atoms with van der Waals surface area (Å²) in [4.78, 5) is 19.2. The van der Waals surface area contributed by atoms with Crippen molar-refractivity contribution in [2.45, 2.75) is 84.8 Å². The lowest BCUT2D eigenvalue weighted by Crippen LogP contribution is -2.46. The highest BCUT2D eigenvalue weighted by Gasteiger charge is 2.38. The Morgan fingerprint density at radius 1 is 1.26 bits per heavy atom. The SMILES string of the molecule is CC(C)OC(=O)c1nc2c(n1C)CCN(C[C@H](C)O[Si](C)(C)C(C)(C)C)C2. The molecule has 1 aliphatic rings. The summed E-state index contributed by atoms with van der Waals surface area (Å²) >= 11 is 0. The van der Waals surface area contributed by atoms with E-state index in [1.54, 1.807) is 0 Å². The molecule has 7 heteroatoms. The summed E-state index contributed by atoms with van der Waals surface area (Å²) in [5.74, 6) is 0.0594. The van der Waals surface area contributed by atoms with Crippen LogP contribution in [0.4, 0.5) is 0 Å². The van der Waals surface area contributed by atoms with Gasteiger partial charge in [-0.15, -0.1) is 0 Å². The van der Waals surface area contributed by atoms with Crippen molar-refractivity contribution in [1.82, 2.24) is 14.5 Å². The van der Waals surface area contributed by atoms with Crippen LogP contribution in [0.15, 0.2) is 0 Å². The molecule has 0 unspecified atom stereocenters. The van der Waals surface area contributed by atoms with Crippen molar-refractivity contribution < 1.29 is 14.0 Å². The topological polar surface area (TPSA) is 56.6 Å². The standard InChI is InChI=1S/C20H37N3O3Si/c1-14(2)25-19(24)18-21-16-13-23(11-10-17(16)22(18)7)12-15(3)26-27(8,9)20(4,5)6/h14-15H,10-13H2,1-9H3/t15-/m0/s1. The lowest BCUT2D eigenvalue weighted by molar-refractivity contribution is 0.0358. The summed E-state index contributed by atoms with van der Waals surface area (Å²) in [5.41, 5.74) is 2.12. The van der Waals surface area contributed by atoms with Gasteiger partial charge in [-0.05, 0) is 38.9 Å². The largest absolute Gasteiger partial charge is 0.457 e. The molecule has 154 valence electrons. The van der Waals surface area contributed by atoms with Crippen LogP contribution in [0.25, 0.3) is 0 Å². The highest BCUT2D eigenvalue weighted by molar-refractivity contribution is 6.74. The number of rotatable bonds is 6. The molecule has 0 radical (unpaired) electrons. The van der Waals surface area contributed by atoms with E-state index in [9.17, 15) is 4.79 Å². The van der Waals surface area contributed by atoms with Crippen molar-refractivity contribution in [3.8, 4) is 0 Å². The highest BCUT2D eigenvalue weighted by atomic mass is 28.4. The minimum absolute atomic E-state index is 0.143. The molecule has 0 aliphatic carbocycles. The maximum Gasteiger partial charge on any atom is 0.374 e. The number of ether oxygens (including phenoxy) is 1. The van der Waals surface area contributed by atoms with Gasteiger partial charge < -0.3 is 13.7 Å². The van der Waals surface area contributed by atoms with Crippen LogP contribution >= 0.6 is 0 Å². The van der Waals surface area contributed by atoms with Gasteiger partial charge in [-0.2, -0.15) is 0 Å². The molecule has 0 N–H and O–H groups in total. The van der Waals surface area contributed by atoms with Crippen molar-refractivity contribution in [3.63, 3.8) is 0 Å². The first-order valence-corrected chi connectivity index (χ1v) is 12.9. The lowest BCUT2D eigenvalue weighted by atomic mass is 10.1. The second kappa shape index (κ2) is 8.05. The molecule has 1 aromatic heterocycles. The smallest absolute Gasteiger partial charge is 0.374 e. The Labute approximate surface area is 165 Å². The summed E-state index contributed by atoms with van der Waals surface area (Å²) in [7, 11) is 0.137. The fraction of sp³-hybridized carbons (Fsp3) is 0.800. The van der Waals surface area contributed by atoms with Crippen LogP contribution in [0.2, 0.25) is 18.1 Å². The number of carbonyl (C=O) groups excluding carboxylic acids is 1. The van der Waals surface area contributed by atoms with Crippen LogP contribution in [0, 0.1) is 0 Å². The number of nitrogens with zero attached hydrogens (tertiary/aromatic N) is 3. The zero-order valence-electron chi connectivity index (χ0n) is 18.5. The molecule has 0 spiro atoms. The molecule has 0 amide bonds. The van der Waals surface area contributed by atoms with Crippen molar-refractivity contribution in [1.29, 1.82) is 0 Å². The van der Waals surface area contributed by atoms with E-state index in [2.05, 4.69) is 50.7 Å². The summed E-state index contributed by atoms with van der Waals surface area (Å²) in [6.45, 7) is 19.9. The van der Waals surface area contributed by atoms with Crippen LogP contribution in [0.5, 0.6) is 0 Å². The summed E-state index contributed by atoms with van der Waals surface area (Å²) in [6, 6.07) is 0. The second-order valence-electron chi connectivity index (χ2n) is 9.52.